The van der Waals surface area contributed by atoms with E-state index in [4.69, 9.17) is 0 Å². The molecule has 2 unspecified atom stereocenters. The third-order valence-corrected chi connectivity index (χ3v) is 3.37. The molecule has 0 heterocycles. The summed E-state index contributed by atoms with van der Waals surface area (Å²) in [5.41, 5.74) is 0. The maximum absolute atomic E-state index is 3.37. The third-order valence-electron chi connectivity index (χ3n) is 3.37. The Morgan fingerprint density at radius 2 is 1.64 bits per heavy atom. The average molecular weight is 199 g/mol. The first-order valence-electron chi connectivity index (χ1n) is 6.43. The van der Waals surface area contributed by atoms with E-state index in [1.165, 1.54) is 44.9 Å². The van der Waals surface area contributed by atoms with Crippen molar-refractivity contribution in [2.75, 3.05) is 7.05 Å². The van der Waals surface area contributed by atoms with Gasteiger partial charge in [0.25, 0.3) is 0 Å². The van der Waals surface area contributed by atoms with E-state index >= 15 is 0 Å². The van der Waals surface area contributed by atoms with E-state index in [1.54, 1.807) is 0 Å². The molecule has 0 saturated heterocycles. The van der Waals surface area contributed by atoms with Gasteiger partial charge in [-0.3, -0.25) is 0 Å². The Hall–Kier alpha value is -0.0400. The van der Waals surface area contributed by atoms with Crippen molar-refractivity contribution in [1.29, 1.82) is 0 Å². The zero-order valence-corrected chi connectivity index (χ0v) is 10.6. The molecule has 14 heavy (non-hydrogen) atoms. The highest BCUT2D eigenvalue weighted by molar-refractivity contribution is 4.69. The Morgan fingerprint density at radius 3 is 2.14 bits per heavy atom. The van der Waals surface area contributed by atoms with Gasteiger partial charge >= 0.3 is 0 Å². The molecule has 0 fully saturated rings. The quantitative estimate of drug-likeness (QED) is 0.554. The fourth-order valence-electron chi connectivity index (χ4n) is 2.05. The summed E-state index contributed by atoms with van der Waals surface area (Å²) in [5.74, 6) is 0.877. The third kappa shape index (κ3) is 6.42. The van der Waals surface area contributed by atoms with Crippen molar-refractivity contribution >= 4 is 0 Å². The molecule has 0 aliphatic carbocycles. The molecule has 86 valence electrons. The average Bonchev–Trinajstić information content (AvgIpc) is 2.22. The van der Waals surface area contributed by atoms with Crippen LogP contribution >= 0.6 is 0 Å². The van der Waals surface area contributed by atoms with Crippen molar-refractivity contribution < 1.29 is 0 Å². The van der Waals surface area contributed by atoms with Gasteiger partial charge in [0.2, 0.25) is 0 Å². The van der Waals surface area contributed by atoms with Crippen molar-refractivity contribution in [2.24, 2.45) is 5.92 Å². The zero-order valence-electron chi connectivity index (χ0n) is 10.6. The lowest BCUT2D eigenvalue weighted by atomic mass is 9.92. The van der Waals surface area contributed by atoms with Crippen LogP contribution in [0.3, 0.4) is 0 Å². The molecule has 0 aromatic rings. The minimum atomic E-state index is 0.686. The van der Waals surface area contributed by atoms with Crippen molar-refractivity contribution in [3.05, 3.63) is 0 Å². The Labute approximate surface area is 90.7 Å². The minimum Gasteiger partial charge on any atom is -0.317 e. The molecule has 2 atom stereocenters. The highest BCUT2D eigenvalue weighted by Gasteiger charge is 2.12. The number of unbranched alkanes of at least 4 members (excludes halogenated alkanes) is 4. The Balaban J connectivity index is 3.42. The Morgan fingerprint density at radius 1 is 1.00 bits per heavy atom. The van der Waals surface area contributed by atoms with Crippen molar-refractivity contribution in [1.82, 2.24) is 5.32 Å². The summed E-state index contributed by atoms with van der Waals surface area (Å²) in [6.07, 6.45) is 9.77. The molecule has 1 heteroatoms. The van der Waals surface area contributed by atoms with Crippen LogP contribution in [0.1, 0.15) is 65.7 Å². The van der Waals surface area contributed by atoms with Crippen LogP contribution in [0.4, 0.5) is 0 Å². The van der Waals surface area contributed by atoms with Crippen molar-refractivity contribution in [2.45, 2.75) is 71.8 Å². The highest BCUT2D eigenvalue weighted by Crippen LogP contribution is 2.17. The summed E-state index contributed by atoms with van der Waals surface area (Å²) >= 11 is 0. The Kier molecular flexibility index (Phi) is 9.49. The maximum atomic E-state index is 3.37. The van der Waals surface area contributed by atoms with Crippen LogP contribution < -0.4 is 5.32 Å². The van der Waals surface area contributed by atoms with E-state index in [0.29, 0.717) is 6.04 Å². The van der Waals surface area contributed by atoms with E-state index < -0.39 is 0 Å². The van der Waals surface area contributed by atoms with Crippen LogP contribution in [0.5, 0.6) is 0 Å². The molecular formula is C13H29N. The Bertz CT molecular complexity index is 112. The van der Waals surface area contributed by atoms with Gasteiger partial charge in [-0.05, 0) is 26.3 Å². The van der Waals surface area contributed by atoms with Gasteiger partial charge in [-0.1, -0.05) is 52.4 Å². The predicted molar refractivity (Wildman–Crippen MR) is 65.7 cm³/mol. The van der Waals surface area contributed by atoms with Gasteiger partial charge in [0.05, 0.1) is 0 Å². The zero-order chi connectivity index (χ0) is 10.8. The first-order valence-corrected chi connectivity index (χ1v) is 6.43. The summed E-state index contributed by atoms with van der Waals surface area (Å²) in [4.78, 5) is 0. The lowest BCUT2D eigenvalue weighted by molar-refractivity contribution is 0.347. The molecule has 0 radical (unpaired) electrons. The van der Waals surface area contributed by atoms with Crippen LogP contribution in [-0.4, -0.2) is 13.1 Å². The monoisotopic (exact) mass is 199 g/mol. The van der Waals surface area contributed by atoms with Crippen LogP contribution in [0.15, 0.2) is 0 Å². The molecule has 0 saturated carbocycles. The van der Waals surface area contributed by atoms with Gasteiger partial charge in [0.15, 0.2) is 0 Å². The number of nitrogens with one attached hydrogen (secondary N) is 1. The molecule has 1 nitrogen and oxygen atoms in total. The molecule has 0 spiro atoms. The lowest BCUT2D eigenvalue weighted by Gasteiger charge is -2.22. The topological polar surface area (TPSA) is 12.0 Å². The normalized spacial score (nSPS) is 15.4. The van der Waals surface area contributed by atoms with E-state index in [-0.39, 0.29) is 0 Å². The fourth-order valence-corrected chi connectivity index (χ4v) is 2.05. The predicted octanol–water partition coefficient (Wildman–Crippen LogP) is 3.98. The summed E-state index contributed by atoms with van der Waals surface area (Å²) < 4.78 is 0. The van der Waals surface area contributed by atoms with Crippen LogP contribution in [0, 0.1) is 5.92 Å². The molecular weight excluding hydrogens is 170 g/mol. The smallest absolute Gasteiger partial charge is 0.00638 e. The van der Waals surface area contributed by atoms with Crippen molar-refractivity contribution in [3.63, 3.8) is 0 Å². The standard InChI is InChI=1S/C13H29N/c1-5-7-8-9-10-11-13(6-2)12(3)14-4/h12-14H,5-11H2,1-4H3. The van der Waals surface area contributed by atoms with E-state index in [1.807, 2.05) is 0 Å². The number of hydrogen-bond acceptors (Lipinski definition) is 1. The SMILES string of the molecule is CCCCCCCC(CC)C(C)NC. The number of hydrogen-bond donors (Lipinski definition) is 1. The second-order valence-corrected chi connectivity index (χ2v) is 4.45. The molecule has 0 aliphatic heterocycles. The molecule has 0 amide bonds. The largest absolute Gasteiger partial charge is 0.317 e. The van der Waals surface area contributed by atoms with E-state index in [2.05, 4.69) is 33.1 Å². The summed E-state index contributed by atoms with van der Waals surface area (Å²) in [6, 6.07) is 0.686. The molecule has 0 aromatic carbocycles. The second-order valence-electron chi connectivity index (χ2n) is 4.45. The van der Waals surface area contributed by atoms with Gasteiger partial charge in [-0.2, -0.15) is 0 Å². The van der Waals surface area contributed by atoms with Gasteiger partial charge in [0.1, 0.15) is 0 Å². The van der Waals surface area contributed by atoms with Gasteiger partial charge in [0, 0.05) is 6.04 Å². The van der Waals surface area contributed by atoms with Gasteiger partial charge in [-0.25, -0.2) is 0 Å². The molecule has 0 rings (SSSR count). The first-order chi connectivity index (χ1) is 6.76. The van der Waals surface area contributed by atoms with Crippen LogP contribution in [-0.2, 0) is 0 Å². The lowest BCUT2D eigenvalue weighted by Crippen LogP contribution is -2.30. The molecule has 1 N–H and O–H groups in total. The van der Waals surface area contributed by atoms with Gasteiger partial charge in [-0.15, -0.1) is 0 Å². The fraction of sp³-hybridized carbons (Fsp3) is 1.00. The maximum Gasteiger partial charge on any atom is 0.00638 e. The molecule has 0 aliphatic rings. The summed E-state index contributed by atoms with van der Waals surface area (Å²) in [5, 5.41) is 3.37. The summed E-state index contributed by atoms with van der Waals surface area (Å²) in [6.45, 7) is 6.89. The van der Waals surface area contributed by atoms with Crippen molar-refractivity contribution in [3.8, 4) is 0 Å². The molecule has 0 bridgehead atoms. The number of rotatable bonds is 9. The summed E-state index contributed by atoms with van der Waals surface area (Å²) in [7, 11) is 2.07. The second kappa shape index (κ2) is 9.51. The van der Waals surface area contributed by atoms with Crippen LogP contribution in [0.2, 0.25) is 0 Å². The highest BCUT2D eigenvalue weighted by atomic mass is 14.9. The van der Waals surface area contributed by atoms with E-state index in [9.17, 15) is 0 Å². The van der Waals surface area contributed by atoms with Gasteiger partial charge < -0.3 is 5.32 Å². The van der Waals surface area contributed by atoms with E-state index in [0.717, 1.165) is 5.92 Å². The van der Waals surface area contributed by atoms with Crippen LogP contribution in [0.25, 0.3) is 0 Å². The molecule has 0 aromatic heterocycles. The minimum absolute atomic E-state index is 0.686. The first kappa shape index (κ1) is 14.0.